The first-order valence-electron chi connectivity index (χ1n) is 9.44. The molecule has 26 heavy (non-hydrogen) atoms. The highest BCUT2D eigenvalue weighted by molar-refractivity contribution is 7.15. The Morgan fingerprint density at radius 1 is 1.27 bits per heavy atom. The zero-order chi connectivity index (χ0) is 18.1. The normalized spacial score (nSPS) is 20.5. The molecule has 1 fully saturated rings. The number of aromatic nitrogens is 1. The van der Waals surface area contributed by atoms with Crippen LogP contribution in [0.4, 0.5) is 5.82 Å². The quantitative estimate of drug-likeness (QED) is 0.870. The van der Waals surface area contributed by atoms with Crippen LogP contribution in [0.1, 0.15) is 47.4 Å². The van der Waals surface area contributed by atoms with Crippen LogP contribution in [0.3, 0.4) is 0 Å². The van der Waals surface area contributed by atoms with E-state index in [0.29, 0.717) is 11.4 Å². The van der Waals surface area contributed by atoms with Crippen molar-refractivity contribution in [1.82, 2.24) is 9.88 Å². The van der Waals surface area contributed by atoms with Gasteiger partial charge in [-0.05, 0) is 62.9 Å². The predicted octanol–water partition coefficient (Wildman–Crippen LogP) is 3.07. The molecule has 1 saturated heterocycles. The number of thiophene rings is 1. The highest BCUT2D eigenvalue weighted by Gasteiger charge is 2.26. The highest BCUT2D eigenvalue weighted by atomic mass is 32.1. The monoisotopic (exact) mass is 367 g/mol. The van der Waals surface area contributed by atoms with Gasteiger partial charge in [-0.2, -0.15) is 5.26 Å². The van der Waals surface area contributed by atoms with Crippen molar-refractivity contribution >= 4 is 17.2 Å². The molecule has 6 heteroatoms. The second-order valence-corrected chi connectivity index (χ2v) is 8.56. The first-order chi connectivity index (χ1) is 12.7. The molecule has 2 aromatic rings. The maximum absolute atomic E-state index is 9.69. The SMILES string of the molecule is N#Cc1c(N)nc2c(c1-c1ccc(CN3CCCCC3)s1)CC(N)CC2. The summed E-state index contributed by atoms with van der Waals surface area (Å²) < 4.78 is 0. The summed E-state index contributed by atoms with van der Waals surface area (Å²) in [7, 11) is 0. The second-order valence-electron chi connectivity index (χ2n) is 7.39. The number of likely N-dealkylation sites (tertiary alicyclic amines) is 1. The molecule has 0 radical (unpaired) electrons. The first kappa shape index (κ1) is 17.5. The van der Waals surface area contributed by atoms with Crippen LogP contribution in [0.5, 0.6) is 0 Å². The van der Waals surface area contributed by atoms with E-state index in [9.17, 15) is 5.26 Å². The van der Waals surface area contributed by atoms with Crippen LogP contribution in [0.2, 0.25) is 0 Å². The molecule has 0 saturated carbocycles. The first-order valence-corrected chi connectivity index (χ1v) is 10.3. The van der Waals surface area contributed by atoms with Crippen LogP contribution in [0.15, 0.2) is 12.1 Å². The maximum atomic E-state index is 9.69. The summed E-state index contributed by atoms with van der Waals surface area (Å²) in [6.07, 6.45) is 6.47. The van der Waals surface area contributed by atoms with Gasteiger partial charge in [0.05, 0.1) is 0 Å². The number of piperidine rings is 1. The van der Waals surface area contributed by atoms with Crippen molar-refractivity contribution in [3.63, 3.8) is 0 Å². The summed E-state index contributed by atoms with van der Waals surface area (Å²) in [6, 6.07) is 6.75. The van der Waals surface area contributed by atoms with Gasteiger partial charge in [-0.15, -0.1) is 11.3 Å². The number of hydrogen-bond acceptors (Lipinski definition) is 6. The van der Waals surface area contributed by atoms with E-state index in [4.69, 9.17) is 11.5 Å². The lowest BCUT2D eigenvalue weighted by molar-refractivity contribution is 0.222. The van der Waals surface area contributed by atoms with Gasteiger partial charge in [-0.1, -0.05) is 6.42 Å². The molecule has 1 unspecified atom stereocenters. The number of nitrogen functional groups attached to an aromatic ring is 1. The number of rotatable bonds is 3. The third kappa shape index (κ3) is 3.35. The molecule has 5 nitrogen and oxygen atoms in total. The van der Waals surface area contributed by atoms with Crippen molar-refractivity contribution in [2.45, 2.75) is 51.1 Å². The molecule has 136 valence electrons. The fraction of sp³-hybridized carbons (Fsp3) is 0.500. The fourth-order valence-corrected chi connectivity index (χ4v) is 5.25. The summed E-state index contributed by atoms with van der Waals surface area (Å²) in [5.74, 6) is 0.350. The average molecular weight is 368 g/mol. The lowest BCUT2D eigenvalue weighted by Crippen LogP contribution is -2.29. The smallest absolute Gasteiger partial charge is 0.142 e. The standard InChI is InChI=1S/C20H25N5S/c21-11-16-19(15-10-13(22)4-6-17(15)24-20(16)23)18-7-5-14(26-18)12-25-8-2-1-3-9-25/h5,7,13H,1-4,6,8-10,12,22H2,(H2,23,24). The highest BCUT2D eigenvalue weighted by Crippen LogP contribution is 2.39. The van der Waals surface area contributed by atoms with Crippen molar-refractivity contribution in [2.75, 3.05) is 18.8 Å². The van der Waals surface area contributed by atoms with Crippen molar-refractivity contribution in [3.8, 4) is 16.5 Å². The number of fused-ring (bicyclic) bond motifs is 1. The summed E-state index contributed by atoms with van der Waals surface area (Å²) in [6.45, 7) is 3.36. The van der Waals surface area contributed by atoms with Crippen LogP contribution < -0.4 is 11.5 Å². The minimum absolute atomic E-state index is 0.131. The minimum atomic E-state index is 0.131. The Bertz CT molecular complexity index is 845. The van der Waals surface area contributed by atoms with Gasteiger partial charge < -0.3 is 11.5 Å². The van der Waals surface area contributed by atoms with Gasteiger partial charge in [0.25, 0.3) is 0 Å². The zero-order valence-corrected chi connectivity index (χ0v) is 15.8. The second kappa shape index (κ2) is 7.36. The number of nitrogens with zero attached hydrogens (tertiary/aromatic N) is 3. The summed E-state index contributed by atoms with van der Waals surface area (Å²) in [5.41, 5.74) is 15.9. The average Bonchev–Trinajstić information content (AvgIpc) is 3.10. The minimum Gasteiger partial charge on any atom is -0.383 e. The van der Waals surface area contributed by atoms with E-state index in [2.05, 4.69) is 28.1 Å². The fourth-order valence-electron chi connectivity index (χ4n) is 4.13. The van der Waals surface area contributed by atoms with Crippen molar-refractivity contribution in [1.29, 1.82) is 5.26 Å². The van der Waals surface area contributed by atoms with E-state index in [1.54, 1.807) is 11.3 Å². The number of anilines is 1. The summed E-state index contributed by atoms with van der Waals surface area (Å²) >= 11 is 1.77. The van der Waals surface area contributed by atoms with Gasteiger partial charge in [-0.25, -0.2) is 4.98 Å². The molecule has 0 amide bonds. The van der Waals surface area contributed by atoms with E-state index in [1.165, 1.54) is 37.2 Å². The molecule has 1 atom stereocenters. The number of nitrogens with two attached hydrogens (primary N) is 2. The Labute approximate surface area is 158 Å². The van der Waals surface area contributed by atoms with E-state index in [1.807, 2.05) is 0 Å². The maximum Gasteiger partial charge on any atom is 0.142 e. The van der Waals surface area contributed by atoms with Gasteiger partial charge in [0, 0.05) is 33.6 Å². The van der Waals surface area contributed by atoms with Crippen LogP contribution in [0, 0.1) is 11.3 Å². The van der Waals surface area contributed by atoms with Crippen LogP contribution >= 0.6 is 11.3 Å². The van der Waals surface area contributed by atoms with E-state index in [0.717, 1.165) is 47.5 Å². The van der Waals surface area contributed by atoms with E-state index >= 15 is 0 Å². The predicted molar refractivity (Wildman–Crippen MR) is 106 cm³/mol. The van der Waals surface area contributed by atoms with Crippen LogP contribution in [-0.2, 0) is 19.4 Å². The van der Waals surface area contributed by atoms with Crippen molar-refractivity contribution in [3.05, 3.63) is 33.8 Å². The summed E-state index contributed by atoms with van der Waals surface area (Å²) in [5, 5.41) is 9.69. The third-order valence-corrected chi connectivity index (χ3v) is 6.57. The van der Waals surface area contributed by atoms with Gasteiger partial charge >= 0.3 is 0 Å². The van der Waals surface area contributed by atoms with Gasteiger partial charge in [0.2, 0.25) is 0 Å². The number of pyridine rings is 1. The summed E-state index contributed by atoms with van der Waals surface area (Å²) in [4.78, 5) is 9.49. The molecule has 1 aliphatic heterocycles. The number of aryl methyl sites for hydroxylation is 1. The lowest BCUT2D eigenvalue weighted by atomic mass is 9.87. The van der Waals surface area contributed by atoms with Crippen LogP contribution in [0.25, 0.3) is 10.4 Å². The van der Waals surface area contributed by atoms with Crippen LogP contribution in [-0.4, -0.2) is 29.0 Å². The Hall–Kier alpha value is -1.94. The van der Waals surface area contributed by atoms with Gasteiger partial charge in [-0.3, -0.25) is 4.90 Å². The topological polar surface area (TPSA) is 92.0 Å². The lowest BCUT2D eigenvalue weighted by Gasteiger charge is -2.25. The zero-order valence-electron chi connectivity index (χ0n) is 15.0. The van der Waals surface area contributed by atoms with Gasteiger partial charge in [0.15, 0.2) is 0 Å². The Kier molecular flexibility index (Phi) is 4.94. The number of nitriles is 1. The van der Waals surface area contributed by atoms with E-state index in [-0.39, 0.29) is 6.04 Å². The Balaban J connectivity index is 1.71. The Morgan fingerprint density at radius 3 is 2.85 bits per heavy atom. The molecule has 1 aliphatic carbocycles. The largest absolute Gasteiger partial charge is 0.383 e. The Morgan fingerprint density at radius 2 is 2.08 bits per heavy atom. The molecular weight excluding hydrogens is 342 g/mol. The van der Waals surface area contributed by atoms with Gasteiger partial charge in [0.1, 0.15) is 17.5 Å². The molecule has 3 heterocycles. The third-order valence-electron chi connectivity index (χ3n) is 5.48. The van der Waals surface area contributed by atoms with E-state index < -0.39 is 0 Å². The molecule has 0 spiro atoms. The molecular formula is C20H25N5S. The molecule has 0 bridgehead atoms. The molecule has 4 rings (SSSR count). The molecule has 4 N–H and O–H groups in total. The van der Waals surface area contributed by atoms with Crippen molar-refractivity contribution < 1.29 is 0 Å². The molecule has 0 aromatic carbocycles. The molecule has 2 aliphatic rings. The van der Waals surface area contributed by atoms with Crippen molar-refractivity contribution in [2.24, 2.45) is 5.73 Å². The molecule has 2 aromatic heterocycles. The number of hydrogen-bond donors (Lipinski definition) is 2.